The smallest absolute Gasteiger partial charge is 0.330 e. The molecule has 0 aromatic carbocycles. The van der Waals surface area contributed by atoms with Crippen LogP contribution in [0.15, 0.2) is 21.9 Å². The van der Waals surface area contributed by atoms with Gasteiger partial charge in [0.15, 0.2) is 6.23 Å². The van der Waals surface area contributed by atoms with Crippen molar-refractivity contribution in [1.29, 1.82) is 0 Å². The van der Waals surface area contributed by atoms with Crippen LogP contribution in [0.3, 0.4) is 0 Å². The first-order chi connectivity index (χ1) is 9.58. The molecule has 0 saturated carbocycles. The molecule has 2 heterocycles. The lowest BCUT2D eigenvalue weighted by Crippen LogP contribution is -2.39. The van der Waals surface area contributed by atoms with Gasteiger partial charge in [-0.05, 0) is 0 Å². The highest BCUT2D eigenvalue weighted by molar-refractivity contribution is 4.95. The van der Waals surface area contributed by atoms with Crippen molar-refractivity contribution in [3.63, 3.8) is 0 Å². The van der Waals surface area contributed by atoms with Gasteiger partial charge in [0.25, 0.3) is 5.56 Å². The normalized spacial score (nSPS) is 29.2. The molecule has 108 valence electrons. The fraction of sp³-hybridized carbons (Fsp3) is 0.500. The number of terminal acetylenes is 1. The predicted octanol–water partition coefficient (Wildman–Crippen LogP) is -2.19. The van der Waals surface area contributed by atoms with E-state index in [2.05, 4.69) is 10.9 Å². The average Bonchev–Trinajstić information content (AvgIpc) is 2.73. The van der Waals surface area contributed by atoms with Crippen LogP contribution in [0.2, 0.25) is 0 Å². The van der Waals surface area contributed by atoms with Crippen LogP contribution >= 0.6 is 0 Å². The second-order valence-electron chi connectivity index (χ2n) is 4.24. The highest BCUT2D eigenvalue weighted by Gasteiger charge is 2.45. The molecule has 0 aliphatic carbocycles. The van der Waals surface area contributed by atoms with Crippen molar-refractivity contribution in [2.24, 2.45) is 0 Å². The Morgan fingerprint density at radius 1 is 1.55 bits per heavy atom. The van der Waals surface area contributed by atoms with Crippen molar-refractivity contribution in [1.82, 2.24) is 9.55 Å². The first-order valence-corrected chi connectivity index (χ1v) is 5.89. The summed E-state index contributed by atoms with van der Waals surface area (Å²) in [4.78, 5) is 24.7. The van der Waals surface area contributed by atoms with E-state index >= 15 is 0 Å². The van der Waals surface area contributed by atoms with Gasteiger partial charge >= 0.3 is 5.69 Å². The van der Waals surface area contributed by atoms with Crippen molar-refractivity contribution in [3.8, 4) is 12.3 Å². The third-order valence-electron chi connectivity index (χ3n) is 2.97. The first kappa shape index (κ1) is 14.5. The number of aromatic nitrogens is 2. The van der Waals surface area contributed by atoms with Crippen molar-refractivity contribution in [2.75, 3.05) is 13.2 Å². The predicted molar refractivity (Wildman–Crippen MR) is 66.9 cm³/mol. The second kappa shape index (κ2) is 6.02. The van der Waals surface area contributed by atoms with Gasteiger partial charge in [-0.15, -0.1) is 6.42 Å². The standard InChI is InChI=1S/C12H14N2O6/c1-2-5-19-10-7(6-15)20-11(9(10)17)14-4-3-8(16)13-12(14)18/h1,3-4,7,9-11,15,17H,5-6H2,(H,13,16,18)/t7-,9?,10+,11-/m1/s1. The summed E-state index contributed by atoms with van der Waals surface area (Å²) < 4.78 is 11.6. The Labute approximate surface area is 113 Å². The van der Waals surface area contributed by atoms with E-state index in [4.69, 9.17) is 15.9 Å². The number of aliphatic hydroxyl groups is 2. The zero-order valence-electron chi connectivity index (χ0n) is 10.4. The monoisotopic (exact) mass is 282 g/mol. The fourth-order valence-corrected chi connectivity index (χ4v) is 2.07. The summed E-state index contributed by atoms with van der Waals surface area (Å²) in [5.74, 6) is 2.25. The molecule has 20 heavy (non-hydrogen) atoms. The van der Waals surface area contributed by atoms with Gasteiger partial charge in [-0.2, -0.15) is 0 Å². The Balaban J connectivity index is 2.27. The van der Waals surface area contributed by atoms with E-state index in [0.29, 0.717) is 0 Å². The second-order valence-corrected chi connectivity index (χ2v) is 4.24. The molecule has 8 nitrogen and oxygen atoms in total. The summed E-state index contributed by atoms with van der Waals surface area (Å²) in [5.41, 5.74) is -1.28. The molecule has 0 amide bonds. The minimum Gasteiger partial charge on any atom is -0.394 e. The third-order valence-corrected chi connectivity index (χ3v) is 2.97. The van der Waals surface area contributed by atoms with Gasteiger partial charge in [-0.1, -0.05) is 5.92 Å². The molecule has 1 saturated heterocycles. The van der Waals surface area contributed by atoms with Crippen LogP contribution in [0.25, 0.3) is 0 Å². The molecular weight excluding hydrogens is 268 g/mol. The van der Waals surface area contributed by atoms with Gasteiger partial charge in [-0.25, -0.2) is 4.79 Å². The Bertz CT molecular complexity index is 615. The van der Waals surface area contributed by atoms with Crippen molar-refractivity contribution < 1.29 is 19.7 Å². The van der Waals surface area contributed by atoms with Crippen LogP contribution in [0, 0.1) is 12.3 Å². The SMILES string of the molecule is C#CCO[C@@H]1C(O)[C@H](n2ccc(=O)[nH]c2=O)O[C@@H]1CO. The summed E-state index contributed by atoms with van der Waals surface area (Å²) in [6, 6.07) is 1.13. The van der Waals surface area contributed by atoms with E-state index in [1.165, 1.54) is 6.20 Å². The van der Waals surface area contributed by atoms with Crippen LogP contribution < -0.4 is 11.2 Å². The molecular formula is C12H14N2O6. The molecule has 1 aliphatic rings. The molecule has 1 aromatic rings. The van der Waals surface area contributed by atoms with Crippen LogP contribution in [-0.4, -0.2) is 51.3 Å². The molecule has 4 atom stereocenters. The maximum Gasteiger partial charge on any atom is 0.330 e. The van der Waals surface area contributed by atoms with Crippen LogP contribution in [0.4, 0.5) is 0 Å². The highest BCUT2D eigenvalue weighted by atomic mass is 16.6. The van der Waals surface area contributed by atoms with Gasteiger partial charge in [-0.3, -0.25) is 14.3 Å². The van der Waals surface area contributed by atoms with Crippen LogP contribution in [-0.2, 0) is 9.47 Å². The van der Waals surface area contributed by atoms with Crippen molar-refractivity contribution in [2.45, 2.75) is 24.5 Å². The van der Waals surface area contributed by atoms with Crippen LogP contribution in [0.1, 0.15) is 6.23 Å². The van der Waals surface area contributed by atoms with E-state index in [0.717, 1.165) is 10.6 Å². The molecule has 0 spiro atoms. The summed E-state index contributed by atoms with van der Waals surface area (Å²) >= 11 is 0. The minimum absolute atomic E-state index is 0.0607. The molecule has 1 aliphatic heterocycles. The Hall–Kier alpha value is -1.92. The zero-order valence-corrected chi connectivity index (χ0v) is 10.4. The molecule has 3 N–H and O–H groups in total. The minimum atomic E-state index is -1.20. The number of ether oxygens (including phenoxy) is 2. The fourth-order valence-electron chi connectivity index (χ4n) is 2.07. The van der Waals surface area contributed by atoms with Crippen LogP contribution in [0.5, 0.6) is 0 Å². The molecule has 1 unspecified atom stereocenters. The van der Waals surface area contributed by atoms with E-state index in [1.807, 2.05) is 0 Å². The molecule has 2 rings (SSSR count). The molecule has 0 bridgehead atoms. The number of hydrogen-bond acceptors (Lipinski definition) is 6. The van der Waals surface area contributed by atoms with E-state index in [1.54, 1.807) is 0 Å². The number of H-pyrrole nitrogens is 1. The number of hydrogen-bond donors (Lipinski definition) is 3. The average molecular weight is 282 g/mol. The topological polar surface area (TPSA) is 114 Å². The van der Waals surface area contributed by atoms with Gasteiger partial charge in [0.1, 0.15) is 24.9 Å². The summed E-state index contributed by atoms with van der Waals surface area (Å²) in [6.45, 7) is -0.463. The molecule has 1 fully saturated rings. The molecule has 0 radical (unpaired) electrons. The summed E-state index contributed by atoms with van der Waals surface area (Å²) in [7, 11) is 0. The molecule has 1 aromatic heterocycles. The van der Waals surface area contributed by atoms with Crippen molar-refractivity contribution >= 4 is 0 Å². The number of rotatable bonds is 4. The maximum atomic E-state index is 11.7. The lowest BCUT2D eigenvalue weighted by atomic mass is 10.1. The van der Waals surface area contributed by atoms with E-state index in [9.17, 15) is 19.8 Å². The summed E-state index contributed by atoms with van der Waals surface area (Å²) in [5, 5.41) is 19.4. The third kappa shape index (κ3) is 2.66. The quantitative estimate of drug-likeness (QED) is 0.540. The Morgan fingerprint density at radius 2 is 2.30 bits per heavy atom. The highest BCUT2D eigenvalue weighted by Crippen LogP contribution is 2.29. The number of nitrogens with one attached hydrogen (secondary N) is 1. The number of aliphatic hydroxyl groups excluding tert-OH is 2. The molecule has 8 heteroatoms. The zero-order chi connectivity index (χ0) is 14.7. The van der Waals surface area contributed by atoms with Gasteiger partial charge in [0.05, 0.1) is 6.61 Å². The van der Waals surface area contributed by atoms with E-state index in [-0.39, 0.29) is 6.61 Å². The summed E-state index contributed by atoms with van der Waals surface area (Å²) in [6.07, 6.45) is 2.32. The number of aromatic amines is 1. The van der Waals surface area contributed by atoms with Gasteiger partial charge in [0.2, 0.25) is 0 Å². The van der Waals surface area contributed by atoms with Crippen molar-refractivity contribution in [3.05, 3.63) is 33.1 Å². The Kier molecular flexibility index (Phi) is 4.36. The lowest BCUT2D eigenvalue weighted by molar-refractivity contribution is -0.0587. The number of nitrogens with zero attached hydrogens (tertiary/aromatic N) is 1. The maximum absolute atomic E-state index is 11.7. The first-order valence-electron chi connectivity index (χ1n) is 5.89. The van der Waals surface area contributed by atoms with E-state index < -0.39 is 42.4 Å². The lowest BCUT2D eigenvalue weighted by Gasteiger charge is -2.18. The largest absolute Gasteiger partial charge is 0.394 e. The van der Waals surface area contributed by atoms with Gasteiger partial charge in [0, 0.05) is 12.3 Å². The van der Waals surface area contributed by atoms with Gasteiger partial charge < -0.3 is 19.7 Å². The Morgan fingerprint density at radius 3 is 2.90 bits per heavy atom.